The SMILES string of the molecule is CCOCCOCC#N. The number of hydrogen-bond acceptors (Lipinski definition) is 3. The van der Waals surface area contributed by atoms with E-state index in [-0.39, 0.29) is 6.61 Å². The van der Waals surface area contributed by atoms with Gasteiger partial charge in [-0.25, -0.2) is 0 Å². The highest BCUT2D eigenvalue weighted by Gasteiger charge is 1.83. The van der Waals surface area contributed by atoms with Gasteiger partial charge in [-0.1, -0.05) is 0 Å². The Balaban J connectivity index is 2.69. The van der Waals surface area contributed by atoms with Crippen molar-refractivity contribution >= 4 is 0 Å². The third kappa shape index (κ3) is 7.41. The van der Waals surface area contributed by atoms with E-state index in [0.29, 0.717) is 19.8 Å². The molecule has 52 valence electrons. The van der Waals surface area contributed by atoms with Crippen LogP contribution in [-0.4, -0.2) is 26.4 Å². The highest BCUT2D eigenvalue weighted by Crippen LogP contribution is 1.75. The van der Waals surface area contributed by atoms with Gasteiger partial charge in [-0.2, -0.15) is 5.26 Å². The maximum Gasteiger partial charge on any atom is 0.133 e. The number of nitrogens with zero attached hydrogens (tertiary/aromatic N) is 1. The first-order valence-electron chi connectivity index (χ1n) is 2.94. The Labute approximate surface area is 55.2 Å². The molecule has 0 heterocycles. The van der Waals surface area contributed by atoms with Crippen molar-refractivity contribution in [2.45, 2.75) is 6.92 Å². The van der Waals surface area contributed by atoms with E-state index in [1.165, 1.54) is 0 Å². The largest absolute Gasteiger partial charge is 0.379 e. The Kier molecular flexibility index (Phi) is 6.92. The van der Waals surface area contributed by atoms with Crippen LogP contribution in [0.1, 0.15) is 6.92 Å². The molecule has 0 rings (SSSR count). The average molecular weight is 129 g/mol. The Bertz CT molecular complexity index is 87.5. The molecule has 0 fully saturated rings. The minimum Gasteiger partial charge on any atom is -0.379 e. The maximum absolute atomic E-state index is 8.01. The lowest BCUT2D eigenvalue weighted by molar-refractivity contribution is 0.0658. The summed E-state index contributed by atoms with van der Waals surface area (Å²) in [7, 11) is 0. The first kappa shape index (κ1) is 8.41. The van der Waals surface area contributed by atoms with Gasteiger partial charge in [0.1, 0.15) is 6.61 Å². The van der Waals surface area contributed by atoms with Crippen LogP contribution in [0, 0.1) is 11.3 Å². The van der Waals surface area contributed by atoms with Gasteiger partial charge in [-0.05, 0) is 6.92 Å². The second-order valence-electron chi connectivity index (χ2n) is 1.41. The van der Waals surface area contributed by atoms with Crippen LogP contribution >= 0.6 is 0 Å². The van der Waals surface area contributed by atoms with Crippen molar-refractivity contribution in [1.29, 1.82) is 5.26 Å². The van der Waals surface area contributed by atoms with Crippen molar-refractivity contribution < 1.29 is 9.47 Å². The van der Waals surface area contributed by atoms with Crippen LogP contribution in [0.25, 0.3) is 0 Å². The van der Waals surface area contributed by atoms with Gasteiger partial charge in [-0.3, -0.25) is 0 Å². The number of hydrogen-bond donors (Lipinski definition) is 0. The molecule has 0 aromatic rings. The molecule has 0 aliphatic rings. The second-order valence-corrected chi connectivity index (χ2v) is 1.41. The Morgan fingerprint density at radius 1 is 1.33 bits per heavy atom. The highest BCUT2D eigenvalue weighted by atomic mass is 16.5. The molecule has 0 spiro atoms. The van der Waals surface area contributed by atoms with Gasteiger partial charge < -0.3 is 9.47 Å². The van der Waals surface area contributed by atoms with E-state index < -0.39 is 0 Å². The zero-order valence-corrected chi connectivity index (χ0v) is 5.59. The molecule has 3 nitrogen and oxygen atoms in total. The lowest BCUT2D eigenvalue weighted by Gasteiger charge is -1.98. The van der Waals surface area contributed by atoms with Crippen molar-refractivity contribution in [3.63, 3.8) is 0 Å². The van der Waals surface area contributed by atoms with E-state index in [4.69, 9.17) is 14.7 Å². The molecule has 0 amide bonds. The lowest BCUT2D eigenvalue weighted by Crippen LogP contribution is -2.03. The van der Waals surface area contributed by atoms with Gasteiger partial charge in [0.15, 0.2) is 0 Å². The van der Waals surface area contributed by atoms with Crippen molar-refractivity contribution in [3.8, 4) is 6.07 Å². The van der Waals surface area contributed by atoms with Crippen LogP contribution in [0.15, 0.2) is 0 Å². The molecule has 0 bridgehead atoms. The summed E-state index contributed by atoms with van der Waals surface area (Å²) in [5.41, 5.74) is 0. The summed E-state index contributed by atoms with van der Waals surface area (Å²) in [6, 6.07) is 1.87. The monoisotopic (exact) mass is 129 g/mol. The topological polar surface area (TPSA) is 42.2 Å². The summed E-state index contributed by atoms with van der Waals surface area (Å²) >= 11 is 0. The fourth-order valence-electron chi connectivity index (χ4n) is 0.380. The fraction of sp³-hybridized carbons (Fsp3) is 0.833. The third-order valence-electron chi connectivity index (χ3n) is 0.743. The highest BCUT2D eigenvalue weighted by molar-refractivity contribution is 4.65. The molecule has 0 aromatic carbocycles. The van der Waals surface area contributed by atoms with Crippen molar-refractivity contribution in [1.82, 2.24) is 0 Å². The van der Waals surface area contributed by atoms with E-state index in [1.807, 2.05) is 13.0 Å². The van der Waals surface area contributed by atoms with Crippen molar-refractivity contribution in [2.24, 2.45) is 0 Å². The molecule has 0 unspecified atom stereocenters. The zero-order valence-electron chi connectivity index (χ0n) is 5.59. The van der Waals surface area contributed by atoms with Gasteiger partial charge >= 0.3 is 0 Å². The third-order valence-corrected chi connectivity index (χ3v) is 0.743. The van der Waals surface area contributed by atoms with Crippen molar-refractivity contribution in [3.05, 3.63) is 0 Å². The predicted octanol–water partition coefficient (Wildman–Crippen LogP) is 0.563. The van der Waals surface area contributed by atoms with E-state index in [2.05, 4.69) is 0 Å². The van der Waals surface area contributed by atoms with E-state index in [0.717, 1.165) is 0 Å². The Hall–Kier alpha value is -0.590. The van der Waals surface area contributed by atoms with Crippen LogP contribution in [0.3, 0.4) is 0 Å². The van der Waals surface area contributed by atoms with Crippen LogP contribution in [0.2, 0.25) is 0 Å². The molecule has 0 aliphatic heterocycles. The molecule has 0 saturated heterocycles. The zero-order chi connectivity index (χ0) is 6.95. The van der Waals surface area contributed by atoms with Gasteiger partial charge in [0.05, 0.1) is 19.3 Å². The van der Waals surface area contributed by atoms with Crippen LogP contribution < -0.4 is 0 Å². The minimum atomic E-state index is 0.160. The first-order valence-corrected chi connectivity index (χ1v) is 2.94. The van der Waals surface area contributed by atoms with Crippen molar-refractivity contribution in [2.75, 3.05) is 26.4 Å². The summed E-state index contributed by atoms with van der Waals surface area (Å²) in [6.45, 7) is 3.88. The molecule has 0 N–H and O–H groups in total. The maximum atomic E-state index is 8.01. The summed E-state index contributed by atoms with van der Waals surface area (Å²) in [5, 5.41) is 8.01. The van der Waals surface area contributed by atoms with Crippen LogP contribution in [0.5, 0.6) is 0 Å². The van der Waals surface area contributed by atoms with E-state index >= 15 is 0 Å². The fourth-order valence-corrected chi connectivity index (χ4v) is 0.380. The summed E-state index contributed by atoms with van der Waals surface area (Å²) < 4.78 is 9.74. The number of nitriles is 1. The summed E-state index contributed by atoms with van der Waals surface area (Å²) in [5.74, 6) is 0. The van der Waals surface area contributed by atoms with Gasteiger partial charge in [-0.15, -0.1) is 0 Å². The smallest absolute Gasteiger partial charge is 0.133 e. The molecule has 0 atom stereocenters. The molecular formula is C6H11NO2. The Morgan fingerprint density at radius 2 is 2.00 bits per heavy atom. The second kappa shape index (κ2) is 7.41. The number of rotatable bonds is 5. The predicted molar refractivity (Wildman–Crippen MR) is 32.9 cm³/mol. The van der Waals surface area contributed by atoms with Gasteiger partial charge in [0, 0.05) is 6.61 Å². The molecule has 0 radical (unpaired) electrons. The minimum absolute atomic E-state index is 0.160. The van der Waals surface area contributed by atoms with Gasteiger partial charge in [0.2, 0.25) is 0 Å². The Morgan fingerprint density at radius 3 is 2.56 bits per heavy atom. The molecule has 0 aromatic heterocycles. The molecular weight excluding hydrogens is 118 g/mol. The lowest BCUT2D eigenvalue weighted by atomic mass is 10.7. The van der Waals surface area contributed by atoms with E-state index in [1.54, 1.807) is 0 Å². The van der Waals surface area contributed by atoms with Crippen LogP contribution in [0.4, 0.5) is 0 Å². The molecule has 9 heavy (non-hydrogen) atoms. The van der Waals surface area contributed by atoms with Gasteiger partial charge in [0.25, 0.3) is 0 Å². The molecule has 0 aliphatic carbocycles. The summed E-state index contributed by atoms with van der Waals surface area (Å²) in [6.07, 6.45) is 0. The standard InChI is InChI=1S/C6H11NO2/c1-2-8-5-6-9-4-3-7/h2,4-6H2,1H3. The van der Waals surface area contributed by atoms with Crippen LogP contribution in [-0.2, 0) is 9.47 Å². The summed E-state index contributed by atoms with van der Waals surface area (Å²) in [4.78, 5) is 0. The molecule has 0 saturated carbocycles. The van der Waals surface area contributed by atoms with E-state index in [9.17, 15) is 0 Å². The average Bonchev–Trinajstić information content (AvgIpc) is 1.89. The quantitative estimate of drug-likeness (QED) is 0.509. The normalized spacial score (nSPS) is 8.89. The number of ether oxygens (including phenoxy) is 2. The first-order chi connectivity index (χ1) is 4.41. The molecule has 3 heteroatoms.